The SMILES string of the molecule is CCCNc1nc(NC(C)C)c(F)cc1F. The summed E-state index contributed by atoms with van der Waals surface area (Å²) < 4.78 is 26.6. The summed E-state index contributed by atoms with van der Waals surface area (Å²) >= 11 is 0. The summed E-state index contributed by atoms with van der Waals surface area (Å²) in [4.78, 5) is 3.88. The van der Waals surface area contributed by atoms with Crippen LogP contribution in [0.25, 0.3) is 0 Å². The van der Waals surface area contributed by atoms with E-state index in [9.17, 15) is 8.78 Å². The molecule has 0 saturated carbocycles. The predicted molar refractivity (Wildman–Crippen MR) is 61.7 cm³/mol. The van der Waals surface area contributed by atoms with Crippen molar-refractivity contribution in [3.63, 3.8) is 0 Å². The number of hydrogen-bond donors (Lipinski definition) is 2. The van der Waals surface area contributed by atoms with Gasteiger partial charge in [-0.3, -0.25) is 0 Å². The van der Waals surface area contributed by atoms with Gasteiger partial charge in [0.1, 0.15) is 0 Å². The van der Waals surface area contributed by atoms with Crippen molar-refractivity contribution in [2.24, 2.45) is 0 Å². The highest BCUT2D eigenvalue weighted by atomic mass is 19.1. The van der Waals surface area contributed by atoms with Crippen LogP contribution in [0.1, 0.15) is 27.2 Å². The number of rotatable bonds is 5. The van der Waals surface area contributed by atoms with Crippen LogP contribution in [0.3, 0.4) is 0 Å². The molecule has 3 nitrogen and oxygen atoms in total. The molecule has 5 heteroatoms. The minimum atomic E-state index is -0.673. The van der Waals surface area contributed by atoms with Crippen LogP contribution in [0.4, 0.5) is 20.4 Å². The van der Waals surface area contributed by atoms with Crippen molar-refractivity contribution in [2.75, 3.05) is 17.2 Å². The second kappa shape index (κ2) is 5.63. The predicted octanol–water partition coefficient (Wildman–Crippen LogP) is 3.00. The van der Waals surface area contributed by atoms with Gasteiger partial charge in [0.2, 0.25) is 0 Å². The van der Waals surface area contributed by atoms with Crippen LogP contribution in [-0.2, 0) is 0 Å². The molecule has 0 fully saturated rings. The molecule has 90 valence electrons. The van der Waals surface area contributed by atoms with Crippen LogP contribution >= 0.6 is 0 Å². The lowest BCUT2D eigenvalue weighted by Gasteiger charge is -2.12. The van der Waals surface area contributed by atoms with Gasteiger partial charge in [0, 0.05) is 18.7 Å². The highest BCUT2D eigenvalue weighted by Crippen LogP contribution is 2.19. The molecule has 0 amide bonds. The van der Waals surface area contributed by atoms with E-state index in [1.54, 1.807) is 0 Å². The summed E-state index contributed by atoms with van der Waals surface area (Å²) in [6.07, 6.45) is 0.853. The fourth-order valence-corrected chi connectivity index (χ4v) is 1.21. The Hall–Kier alpha value is -1.39. The Labute approximate surface area is 94.3 Å². The zero-order chi connectivity index (χ0) is 12.1. The minimum absolute atomic E-state index is 0.0477. The third kappa shape index (κ3) is 3.32. The molecule has 0 unspecified atom stereocenters. The largest absolute Gasteiger partial charge is 0.368 e. The van der Waals surface area contributed by atoms with Gasteiger partial charge in [0.05, 0.1) is 0 Å². The van der Waals surface area contributed by atoms with Crippen LogP contribution in [0, 0.1) is 11.6 Å². The second-order valence-electron chi connectivity index (χ2n) is 3.88. The van der Waals surface area contributed by atoms with E-state index in [0.29, 0.717) is 6.54 Å². The molecule has 16 heavy (non-hydrogen) atoms. The number of aromatic nitrogens is 1. The van der Waals surface area contributed by atoms with E-state index < -0.39 is 11.6 Å². The lowest BCUT2D eigenvalue weighted by atomic mass is 10.3. The van der Waals surface area contributed by atoms with Crippen molar-refractivity contribution in [3.8, 4) is 0 Å². The second-order valence-corrected chi connectivity index (χ2v) is 3.88. The van der Waals surface area contributed by atoms with Crippen LogP contribution in [-0.4, -0.2) is 17.6 Å². The van der Waals surface area contributed by atoms with E-state index in [4.69, 9.17) is 0 Å². The normalized spacial score (nSPS) is 10.6. The van der Waals surface area contributed by atoms with Crippen LogP contribution in [0.15, 0.2) is 6.07 Å². The monoisotopic (exact) mass is 229 g/mol. The number of nitrogens with zero attached hydrogens (tertiary/aromatic N) is 1. The third-order valence-electron chi connectivity index (χ3n) is 1.90. The van der Waals surface area contributed by atoms with Crippen LogP contribution in [0.5, 0.6) is 0 Å². The number of anilines is 2. The minimum Gasteiger partial charge on any atom is -0.368 e. The Bertz CT molecular complexity index is 353. The van der Waals surface area contributed by atoms with Gasteiger partial charge >= 0.3 is 0 Å². The number of halogens is 2. The van der Waals surface area contributed by atoms with Crippen molar-refractivity contribution in [1.29, 1.82) is 0 Å². The Kier molecular flexibility index (Phi) is 4.46. The van der Waals surface area contributed by atoms with Gasteiger partial charge in [-0.2, -0.15) is 0 Å². The third-order valence-corrected chi connectivity index (χ3v) is 1.90. The standard InChI is InChI=1S/C11H17F2N3/c1-4-5-14-10-8(12)6-9(13)11(16-10)15-7(2)3/h6-7H,4-5H2,1-3H3,(H2,14,15,16). The average Bonchev–Trinajstić information content (AvgIpc) is 2.20. The summed E-state index contributed by atoms with van der Waals surface area (Å²) in [5.74, 6) is -1.17. The molecular weight excluding hydrogens is 212 g/mol. The molecule has 1 aromatic rings. The highest BCUT2D eigenvalue weighted by Gasteiger charge is 2.11. The summed E-state index contributed by atoms with van der Waals surface area (Å²) in [5.41, 5.74) is 0. The molecule has 0 aliphatic carbocycles. The lowest BCUT2D eigenvalue weighted by Crippen LogP contribution is -2.14. The lowest BCUT2D eigenvalue weighted by molar-refractivity contribution is 0.576. The van der Waals surface area contributed by atoms with Crippen molar-refractivity contribution in [3.05, 3.63) is 17.7 Å². The topological polar surface area (TPSA) is 37.0 Å². The maximum absolute atomic E-state index is 13.3. The van der Waals surface area contributed by atoms with Crippen molar-refractivity contribution >= 4 is 11.6 Å². The fourth-order valence-electron chi connectivity index (χ4n) is 1.21. The Morgan fingerprint density at radius 3 is 2.44 bits per heavy atom. The first-order chi connectivity index (χ1) is 7.54. The Balaban J connectivity index is 2.92. The molecule has 0 radical (unpaired) electrons. The van der Waals surface area contributed by atoms with E-state index in [1.165, 1.54) is 0 Å². The highest BCUT2D eigenvalue weighted by molar-refractivity contribution is 5.47. The molecule has 1 rings (SSSR count). The Morgan fingerprint density at radius 1 is 1.25 bits per heavy atom. The van der Waals surface area contributed by atoms with E-state index in [1.807, 2.05) is 20.8 Å². The smallest absolute Gasteiger partial charge is 0.168 e. The summed E-state index contributed by atoms with van der Waals surface area (Å²) in [6.45, 7) is 6.30. The number of hydrogen-bond acceptors (Lipinski definition) is 3. The van der Waals surface area contributed by atoms with Crippen molar-refractivity contribution in [2.45, 2.75) is 33.2 Å². The molecule has 2 N–H and O–H groups in total. The molecule has 0 aliphatic rings. The molecule has 1 aromatic heterocycles. The number of nitrogens with one attached hydrogen (secondary N) is 2. The molecule has 0 aliphatic heterocycles. The van der Waals surface area contributed by atoms with E-state index in [0.717, 1.165) is 12.5 Å². The van der Waals surface area contributed by atoms with Crippen LogP contribution in [0.2, 0.25) is 0 Å². The Morgan fingerprint density at radius 2 is 1.88 bits per heavy atom. The van der Waals surface area contributed by atoms with Gasteiger partial charge in [0.25, 0.3) is 0 Å². The van der Waals surface area contributed by atoms with Gasteiger partial charge in [-0.05, 0) is 20.3 Å². The van der Waals surface area contributed by atoms with Crippen molar-refractivity contribution < 1.29 is 8.78 Å². The number of pyridine rings is 1. The zero-order valence-electron chi connectivity index (χ0n) is 9.77. The quantitative estimate of drug-likeness (QED) is 0.815. The first-order valence-electron chi connectivity index (χ1n) is 5.41. The van der Waals surface area contributed by atoms with Crippen molar-refractivity contribution in [1.82, 2.24) is 4.98 Å². The first-order valence-corrected chi connectivity index (χ1v) is 5.41. The van der Waals surface area contributed by atoms with Gasteiger partial charge in [-0.25, -0.2) is 13.8 Å². The van der Waals surface area contributed by atoms with Gasteiger partial charge in [-0.1, -0.05) is 6.92 Å². The maximum atomic E-state index is 13.3. The first kappa shape index (κ1) is 12.7. The molecule has 0 bridgehead atoms. The van der Waals surface area contributed by atoms with E-state index in [-0.39, 0.29) is 17.7 Å². The molecule has 1 heterocycles. The summed E-state index contributed by atoms with van der Waals surface area (Å²) in [6, 6.07) is 0.891. The molecular formula is C11H17F2N3. The molecule has 0 atom stereocenters. The molecule has 0 saturated heterocycles. The summed E-state index contributed by atoms with van der Waals surface area (Å²) in [7, 11) is 0. The fraction of sp³-hybridized carbons (Fsp3) is 0.545. The van der Waals surface area contributed by atoms with Gasteiger partial charge < -0.3 is 10.6 Å². The maximum Gasteiger partial charge on any atom is 0.168 e. The van der Waals surface area contributed by atoms with E-state index in [2.05, 4.69) is 15.6 Å². The molecule has 0 spiro atoms. The zero-order valence-corrected chi connectivity index (χ0v) is 9.77. The summed E-state index contributed by atoms with van der Waals surface area (Å²) in [5, 5.41) is 5.63. The van der Waals surface area contributed by atoms with E-state index >= 15 is 0 Å². The van der Waals surface area contributed by atoms with Gasteiger partial charge in [0.15, 0.2) is 23.3 Å². The van der Waals surface area contributed by atoms with Gasteiger partial charge in [-0.15, -0.1) is 0 Å². The average molecular weight is 229 g/mol. The molecule has 0 aromatic carbocycles. The van der Waals surface area contributed by atoms with Crippen LogP contribution < -0.4 is 10.6 Å².